The van der Waals surface area contributed by atoms with E-state index in [-0.39, 0.29) is 34.2 Å². The summed E-state index contributed by atoms with van der Waals surface area (Å²) in [5.74, 6) is -2.65. The molecule has 16 heteroatoms. The first-order chi connectivity index (χ1) is 21.7. The van der Waals surface area contributed by atoms with Crippen molar-refractivity contribution in [1.29, 1.82) is 0 Å². The van der Waals surface area contributed by atoms with Crippen molar-refractivity contribution >= 4 is 16.9 Å². The Morgan fingerprint density at radius 2 is 1.46 bits per heavy atom. The third-order valence-electron chi connectivity index (χ3n) is 7.72. The first kappa shape index (κ1) is 33.2. The molecule has 5 rings (SSSR count). The van der Waals surface area contributed by atoms with Crippen LogP contribution in [0.5, 0.6) is 28.7 Å². The van der Waals surface area contributed by atoms with Crippen molar-refractivity contribution in [2.75, 3.05) is 7.11 Å². The molecule has 2 aromatic carbocycles. The van der Waals surface area contributed by atoms with Gasteiger partial charge in [-0.1, -0.05) is 0 Å². The zero-order valence-corrected chi connectivity index (χ0v) is 25.0. The van der Waals surface area contributed by atoms with E-state index in [9.17, 15) is 45.3 Å². The van der Waals surface area contributed by atoms with Crippen molar-refractivity contribution < 1.29 is 73.4 Å². The molecule has 2 fully saturated rings. The van der Waals surface area contributed by atoms with Gasteiger partial charge in [0.2, 0.25) is 23.8 Å². The van der Waals surface area contributed by atoms with E-state index in [0.717, 1.165) is 13.0 Å². The summed E-state index contributed by atoms with van der Waals surface area (Å²) in [6.45, 7) is 4.03. The second kappa shape index (κ2) is 12.9. The number of carbonyl (C=O) groups excluding carboxylic acids is 1. The van der Waals surface area contributed by atoms with Crippen LogP contribution in [0, 0.1) is 0 Å². The van der Waals surface area contributed by atoms with Crippen molar-refractivity contribution in [2.24, 2.45) is 0 Å². The Kier molecular flexibility index (Phi) is 9.33. The Morgan fingerprint density at radius 1 is 0.804 bits per heavy atom. The lowest BCUT2D eigenvalue weighted by Gasteiger charge is -2.40. The number of ether oxygens (including phenoxy) is 6. The number of aromatic hydroxyl groups is 2. The Hall–Kier alpha value is -4.16. The second-order valence-corrected chi connectivity index (χ2v) is 11.0. The van der Waals surface area contributed by atoms with Crippen molar-refractivity contribution in [2.45, 2.75) is 82.2 Å². The van der Waals surface area contributed by atoms with Crippen molar-refractivity contribution in [1.82, 2.24) is 0 Å². The summed E-state index contributed by atoms with van der Waals surface area (Å²) < 4.78 is 38.8. The molecule has 2 aliphatic rings. The molecule has 0 bridgehead atoms. The first-order valence-corrected chi connectivity index (χ1v) is 14.1. The van der Waals surface area contributed by atoms with Crippen molar-refractivity contribution in [3.63, 3.8) is 0 Å². The summed E-state index contributed by atoms with van der Waals surface area (Å²) >= 11 is 0. The maximum absolute atomic E-state index is 13.9. The summed E-state index contributed by atoms with van der Waals surface area (Å²) in [5.41, 5.74) is -1.07. The Labute approximate surface area is 260 Å². The lowest BCUT2D eigenvalue weighted by atomic mass is 9.99. The first-order valence-electron chi connectivity index (χ1n) is 14.1. The lowest BCUT2D eigenvalue weighted by Crippen LogP contribution is -2.59. The fourth-order valence-corrected chi connectivity index (χ4v) is 5.26. The topological polar surface area (TPSA) is 244 Å². The summed E-state index contributed by atoms with van der Waals surface area (Å²) in [5, 5.41) is 72.6. The van der Waals surface area contributed by atoms with Gasteiger partial charge in [0.05, 0.1) is 19.3 Å². The van der Waals surface area contributed by atoms with Crippen LogP contribution in [0.4, 0.5) is 0 Å². The summed E-state index contributed by atoms with van der Waals surface area (Å²) in [6, 6.07) is 6.15. The molecule has 0 amide bonds. The van der Waals surface area contributed by atoms with Crippen LogP contribution in [-0.2, 0) is 19.0 Å². The van der Waals surface area contributed by atoms with Crippen LogP contribution in [0.3, 0.4) is 0 Å². The fourth-order valence-electron chi connectivity index (χ4n) is 5.26. The maximum atomic E-state index is 13.9. The third-order valence-corrected chi connectivity index (χ3v) is 7.72. The molecule has 46 heavy (non-hydrogen) atoms. The van der Waals surface area contributed by atoms with Crippen LogP contribution < -0.4 is 19.6 Å². The van der Waals surface area contributed by atoms with Gasteiger partial charge >= 0.3 is 5.97 Å². The Balaban J connectivity index is 1.59. The second-order valence-electron chi connectivity index (χ2n) is 11.0. The van der Waals surface area contributed by atoms with E-state index in [1.165, 1.54) is 45.2 Å². The van der Waals surface area contributed by atoms with Crippen molar-refractivity contribution in [3.8, 4) is 40.1 Å². The number of fused-ring (bicyclic) bond motifs is 1. The van der Waals surface area contributed by atoms with E-state index in [1.54, 1.807) is 0 Å². The van der Waals surface area contributed by atoms with Gasteiger partial charge in [-0.05, 0) is 32.0 Å². The van der Waals surface area contributed by atoms with Gasteiger partial charge in [0.25, 0.3) is 0 Å². The van der Waals surface area contributed by atoms with Gasteiger partial charge in [0.15, 0.2) is 23.4 Å². The van der Waals surface area contributed by atoms with E-state index >= 15 is 0 Å². The number of rotatable bonds is 7. The molecule has 3 heterocycles. The maximum Gasteiger partial charge on any atom is 0.303 e. The van der Waals surface area contributed by atoms with Gasteiger partial charge < -0.3 is 68.6 Å². The van der Waals surface area contributed by atoms with Crippen LogP contribution in [-0.4, -0.2) is 110 Å². The predicted octanol–water partition coefficient (Wildman–Crippen LogP) is -0.137. The lowest BCUT2D eigenvalue weighted by molar-refractivity contribution is -0.272. The van der Waals surface area contributed by atoms with Gasteiger partial charge in [0.1, 0.15) is 53.0 Å². The average molecular weight is 651 g/mol. The molecule has 0 spiro atoms. The van der Waals surface area contributed by atoms with Crippen LogP contribution in [0.15, 0.2) is 39.5 Å². The standard InChI is InChI=1S/C30H34O16/c1-10-20(34)22(36)24(38)29(41-10)44-14-8-16(33)19-18(9-14)45-27(13-5-6-15(32)17(7-13)40-4)28(21(19)35)46-30-25(39)23(37)26(11(2)42-30)43-12(3)31/h5-11,20,22-26,29-30,32-34,36-39H,1-4H3/t10-,11-,20-,22+,23-,24+,25+,26-,29?,30?/m0/s1. The van der Waals surface area contributed by atoms with Crippen LogP contribution in [0.2, 0.25) is 0 Å². The third kappa shape index (κ3) is 6.15. The Bertz CT molecular complexity index is 1650. The normalized spacial score (nSPS) is 31.3. The minimum Gasteiger partial charge on any atom is -0.507 e. The fraction of sp³-hybridized carbons (Fsp3) is 0.467. The van der Waals surface area contributed by atoms with E-state index in [2.05, 4.69) is 0 Å². The largest absolute Gasteiger partial charge is 0.507 e. The van der Waals surface area contributed by atoms with Crippen LogP contribution in [0.1, 0.15) is 20.8 Å². The van der Waals surface area contributed by atoms with Crippen LogP contribution in [0.25, 0.3) is 22.3 Å². The molecule has 250 valence electrons. The van der Waals surface area contributed by atoms with Crippen LogP contribution >= 0.6 is 0 Å². The highest BCUT2D eigenvalue weighted by atomic mass is 16.7. The predicted molar refractivity (Wildman–Crippen MR) is 153 cm³/mol. The molecular weight excluding hydrogens is 616 g/mol. The molecule has 0 radical (unpaired) electrons. The highest BCUT2D eigenvalue weighted by Gasteiger charge is 2.47. The summed E-state index contributed by atoms with van der Waals surface area (Å²) in [4.78, 5) is 25.4. The van der Waals surface area contributed by atoms with E-state index in [4.69, 9.17) is 32.8 Å². The molecule has 10 atom stereocenters. The quantitative estimate of drug-likeness (QED) is 0.165. The molecule has 2 saturated heterocycles. The number of methoxy groups -OCH3 is 1. The monoisotopic (exact) mass is 650 g/mol. The van der Waals surface area contributed by atoms with Gasteiger partial charge in [0, 0.05) is 24.6 Å². The summed E-state index contributed by atoms with van der Waals surface area (Å²) in [7, 11) is 1.29. The zero-order valence-electron chi connectivity index (χ0n) is 25.0. The molecule has 0 saturated carbocycles. The molecule has 2 unspecified atom stereocenters. The number of carbonyl (C=O) groups is 1. The number of esters is 1. The molecule has 3 aromatic rings. The number of phenolic OH excluding ortho intramolecular Hbond substituents is 2. The molecular formula is C30H34O16. The minimum absolute atomic E-state index is 0.00774. The van der Waals surface area contributed by atoms with E-state index < -0.39 is 89.7 Å². The molecule has 2 aliphatic heterocycles. The van der Waals surface area contributed by atoms with Gasteiger partial charge in [-0.3, -0.25) is 9.59 Å². The van der Waals surface area contributed by atoms with Gasteiger partial charge in [-0.15, -0.1) is 0 Å². The minimum atomic E-state index is -1.82. The molecule has 1 aromatic heterocycles. The number of aliphatic hydroxyl groups excluding tert-OH is 5. The molecule has 0 aliphatic carbocycles. The number of benzene rings is 2. The van der Waals surface area contributed by atoms with Crippen molar-refractivity contribution in [3.05, 3.63) is 40.6 Å². The zero-order chi connectivity index (χ0) is 33.6. The smallest absolute Gasteiger partial charge is 0.303 e. The summed E-state index contributed by atoms with van der Waals surface area (Å²) in [6.07, 6.45) is -14.5. The molecule has 7 N–H and O–H groups in total. The highest BCUT2D eigenvalue weighted by Crippen LogP contribution is 2.40. The van der Waals surface area contributed by atoms with Gasteiger partial charge in [-0.2, -0.15) is 0 Å². The SMILES string of the molecule is COc1cc(-c2oc3cc(OC4O[C@@H](C)[C@H](O)[C@@H](O)[C@H]4O)cc(O)c3c(=O)c2OC2O[C@@H](C)[C@H](OC(C)=O)[C@@H](O)[C@H]2O)ccc1O. The number of phenols is 2. The number of aliphatic hydroxyl groups is 5. The number of hydrogen-bond acceptors (Lipinski definition) is 16. The highest BCUT2D eigenvalue weighted by molar-refractivity contribution is 5.88. The van der Waals surface area contributed by atoms with Gasteiger partial charge in [-0.25, -0.2) is 0 Å². The Morgan fingerprint density at radius 3 is 2.13 bits per heavy atom. The molecule has 16 nitrogen and oxygen atoms in total. The number of hydrogen-bond donors (Lipinski definition) is 7. The average Bonchev–Trinajstić information content (AvgIpc) is 3.00. The van der Waals surface area contributed by atoms with E-state index in [0.29, 0.717) is 0 Å². The van der Waals surface area contributed by atoms with E-state index in [1.807, 2.05) is 0 Å².